The Morgan fingerprint density at radius 3 is 2.39 bits per heavy atom. The number of aromatic hydroxyl groups is 1. The topological polar surface area (TPSA) is 110 Å². The van der Waals surface area contributed by atoms with Crippen LogP contribution in [0.15, 0.2) is 23.1 Å². The number of phenolic OH excluding ortho intramolecular Hbond substituents is 1. The molecule has 0 aliphatic rings. The standard InChI is InChI=1S/C15H21NO6S/c1-9(2)22-15(19)13(16-10(3)17)7-11-5-6-12(18)8-14(11)23(4,20)21/h5-6,8-9,13,18H,7H2,1-4H3,(H,16,17)/t13-/m0/s1. The van der Waals surface area contributed by atoms with Gasteiger partial charge in [0.15, 0.2) is 9.84 Å². The van der Waals surface area contributed by atoms with E-state index in [9.17, 15) is 23.1 Å². The SMILES string of the molecule is CC(=O)N[C@@H](Cc1ccc(O)cc1S(C)(=O)=O)C(=O)OC(C)C. The lowest BCUT2D eigenvalue weighted by Gasteiger charge is -2.19. The van der Waals surface area contributed by atoms with Gasteiger partial charge in [0.05, 0.1) is 11.0 Å². The summed E-state index contributed by atoms with van der Waals surface area (Å²) < 4.78 is 28.8. The molecule has 1 amide bonds. The zero-order valence-electron chi connectivity index (χ0n) is 13.5. The molecule has 128 valence electrons. The number of nitrogens with one attached hydrogen (secondary N) is 1. The highest BCUT2D eigenvalue weighted by molar-refractivity contribution is 7.90. The van der Waals surface area contributed by atoms with Crippen molar-refractivity contribution in [2.45, 2.75) is 44.2 Å². The van der Waals surface area contributed by atoms with E-state index in [2.05, 4.69) is 5.32 Å². The van der Waals surface area contributed by atoms with Gasteiger partial charge in [-0.2, -0.15) is 0 Å². The van der Waals surface area contributed by atoms with Crippen LogP contribution >= 0.6 is 0 Å². The van der Waals surface area contributed by atoms with Crippen molar-refractivity contribution in [2.75, 3.05) is 6.26 Å². The second kappa shape index (κ2) is 7.45. The highest BCUT2D eigenvalue weighted by Crippen LogP contribution is 2.23. The van der Waals surface area contributed by atoms with Crippen molar-refractivity contribution in [3.8, 4) is 5.75 Å². The molecular weight excluding hydrogens is 322 g/mol. The van der Waals surface area contributed by atoms with E-state index >= 15 is 0 Å². The first-order valence-electron chi connectivity index (χ1n) is 7.00. The van der Waals surface area contributed by atoms with E-state index in [-0.39, 0.29) is 23.2 Å². The van der Waals surface area contributed by atoms with Crippen molar-refractivity contribution in [1.82, 2.24) is 5.32 Å². The number of benzene rings is 1. The number of carbonyl (C=O) groups excluding carboxylic acids is 2. The van der Waals surface area contributed by atoms with Gasteiger partial charge in [0.1, 0.15) is 11.8 Å². The molecule has 8 heteroatoms. The van der Waals surface area contributed by atoms with Crippen LogP contribution < -0.4 is 5.32 Å². The third kappa shape index (κ3) is 5.90. The van der Waals surface area contributed by atoms with E-state index in [0.29, 0.717) is 5.56 Å². The average Bonchev–Trinajstić information content (AvgIpc) is 2.37. The minimum Gasteiger partial charge on any atom is -0.508 e. The molecule has 0 bridgehead atoms. The number of carbonyl (C=O) groups is 2. The number of phenols is 1. The molecule has 23 heavy (non-hydrogen) atoms. The first kappa shape index (κ1) is 19.0. The Balaban J connectivity index is 3.18. The van der Waals surface area contributed by atoms with Crippen molar-refractivity contribution in [3.05, 3.63) is 23.8 Å². The predicted molar refractivity (Wildman–Crippen MR) is 83.8 cm³/mol. The first-order chi connectivity index (χ1) is 10.5. The van der Waals surface area contributed by atoms with Gasteiger partial charge in [-0.25, -0.2) is 13.2 Å². The maximum absolute atomic E-state index is 12.1. The van der Waals surface area contributed by atoms with Gasteiger partial charge in [-0.1, -0.05) is 6.07 Å². The number of hydrogen-bond acceptors (Lipinski definition) is 6. The molecule has 1 atom stereocenters. The fraction of sp³-hybridized carbons (Fsp3) is 0.467. The van der Waals surface area contributed by atoms with Gasteiger partial charge in [-0.05, 0) is 31.5 Å². The molecule has 0 spiro atoms. The zero-order chi connectivity index (χ0) is 17.8. The highest BCUT2D eigenvalue weighted by Gasteiger charge is 2.25. The second-order valence-electron chi connectivity index (χ2n) is 5.51. The molecule has 0 saturated heterocycles. The summed E-state index contributed by atoms with van der Waals surface area (Å²) in [5.74, 6) is -1.28. The van der Waals surface area contributed by atoms with Crippen LogP contribution in [0.2, 0.25) is 0 Å². The van der Waals surface area contributed by atoms with Crippen molar-refractivity contribution < 1.29 is 27.9 Å². The van der Waals surface area contributed by atoms with Crippen molar-refractivity contribution in [2.24, 2.45) is 0 Å². The molecule has 1 aromatic rings. The molecule has 0 radical (unpaired) electrons. The minimum atomic E-state index is -3.60. The predicted octanol–water partition coefficient (Wildman–Crippen LogP) is 0.794. The Hall–Kier alpha value is -2.09. The number of sulfone groups is 1. The minimum absolute atomic E-state index is 0.0617. The average molecular weight is 343 g/mol. The van der Waals surface area contributed by atoms with Crippen LogP contribution in [0.1, 0.15) is 26.3 Å². The van der Waals surface area contributed by atoms with E-state index in [1.54, 1.807) is 13.8 Å². The smallest absolute Gasteiger partial charge is 0.329 e. The van der Waals surface area contributed by atoms with Gasteiger partial charge in [-0.3, -0.25) is 4.79 Å². The summed E-state index contributed by atoms with van der Waals surface area (Å²) in [4.78, 5) is 23.3. The first-order valence-corrected chi connectivity index (χ1v) is 8.89. The lowest BCUT2D eigenvalue weighted by Crippen LogP contribution is -2.43. The molecule has 0 aliphatic heterocycles. The lowest BCUT2D eigenvalue weighted by molar-refractivity contribution is -0.151. The van der Waals surface area contributed by atoms with E-state index in [1.165, 1.54) is 19.1 Å². The highest BCUT2D eigenvalue weighted by atomic mass is 32.2. The van der Waals surface area contributed by atoms with Gasteiger partial charge in [0, 0.05) is 19.6 Å². The molecule has 0 fully saturated rings. The Labute approximate surface area is 135 Å². The van der Waals surface area contributed by atoms with Crippen LogP contribution in [0, 0.1) is 0 Å². The molecule has 2 N–H and O–H groups in total. The van der Waals surface area contributed by atoms with Gasteiger partial charge in [-0.15, -0.1) is 0 Å². The molecule has 0 aliphatic carbocycles. The summed E-state index contributed by atoms with van der Waals surface area (Å²) in [5.41, 5.74) is 0.310. The van der Waals surface area contributed by atoms with Crippen molar-refractivity contribution in [3.63, 3.8) is 0 Å². The van der Waals surface area contributed by atoms with Gasteiger partial charge in [0.2, 0.25) is 5.91 Å². The fourth-order valence-corrected chi connectivity index (χ4v) is 2.99. The number of ether oxygens (including phenoxy) is 1. The summed E-state index contributed by atoms with van der Waals surface area (Å²) in [7, 11) is -3.60. The molecule has 0 heterocycles. The number of esters is 1. The van der Waals surface area contributed by atoms with Crippen LogP contribution in [0.5, 0.6) is 5.75 Å². The maximum Gasteiger partial charge on any atom is 0.329 e. The molecule has 1 aromatic carbocycles. The maximum atomic E-state index is 12.1. The third-order valence-electron chi connectivity index (χ3n) is 2.89. The van der Waals surface area contributed by atoms with Gasteiger partial charge in [0.25, 0.3) is 0 Å². The fourth-order valence-electron chi connectivity index (χ4n) is 2.03. The van der Waals surface area contributed by atoms with Gasteiger partial charge >= 0.3 is 5.97 Å². The Kier molecular flexibility index (Phi) is 6.14. The van der Waals surface area contributed by atoms with Crippen LogP contribution in [-0.2, 0) is 30.6 Å². The van der Waals surface area contributed by atoms with Crippen LogP contribution in [0.3, 0.4) is 0 Å². The summed E-state index contributed by atoms with van der Waals surface area (Å²) in [6, 6.07) is 2.83. The van der Waals surface area contributed by atoms with Gasteiger partial charge < -0.3 is 15.2 Å². The van der Waals surface area contributed by atoms with E-state index < -0.39 is 27.8 Å². The van der Waals surface area contributed by atoms with Crippen LogP contribution in [0.4, 0.5) is 0 Å². The molecule has 0 aromatic heterocycles. The molecule has 0 unspecified atom stereocenters. The second-order valence-corrected chi connectivity index (χ2v) is 7.49. The third-order valence-corrected chi connectivity index (χ3v) is 4.07. The summed E-state index contributed by atoms with van der Waals surface area (Å²) in [6.07, 6.45) is 0.576. The normalized spacial score (nSPS) is 12.7. The molecule has 1 rings (SSSR count). The Morgan fingerprint density at radius 1 is 1.30 bits per heavy atom. The largest absolute Gasteiger partial charge is 0.508 e. The number of rotatable bonds is 6. The van der Waals surface area contributed by atoms with E-state index in [0.717, 1.165) is 12.3 Å². The van der Waals surface area contributed by atoms with E-state index in [1.807, 2.05) is 0 Å². The van der Waals surface area contributed by atoms with E-state index in [4.69, 9.17) is 4.74 Å². The molecular formula is C15H21NO6S. The summed E-state index contributed by atoms with van der Waals surface area (Å²) in [5, 5.41) is 11.9. The quantitative estimate of drug-likeness (QED) is 0.739. The number of amides is 1. The number of hydrogen-bond donors (Lipinski definition) is 2. The van der Waals surface area contributed by atoms with Crippen molar-refractivity contribution >= 4 is 21.7 Å². The van der Waals surface area contributed by atoms with Crippen molar-refractivity contribution in [1.29, 1.82) is 0 Å². The zero-order valence-corrected chi connectivity index (χ0v) is 14.3. The molecule has 0 saturated carbocycles. The van der Waals surface area contributed by atoms with Crippen LogP contribution in [0.25, 0.3) is 0 Å². The monoisotopic (exact) mass is 343 g/mol. The lowest BCUT2D eigenvalue weighted by atomic mass is 10.1. The summed E-state index contributed by atoms with van der Waals surface area (Å²) >= 11 is 0. The summed E-state index contributed by atoms with van der Waals surface area (Å²) in [6.45, 7) is 4.60. The molecule has 7 nitrogen and oxygen atoms in total. The van der Waals surface area contributed by atoms with Crippen LogP contribution in [-0.4, -0.2) is 43.8 Å². The Morgan fingerprint density at radius 2 is 1.91 bits per heavy atom. The Bertz CT molecular complexity index is 696.